The maximum Gasteiger partial charge on any atom is 0.269 e. The van der Waals surface area contributed by atoms with Gasteiger partial charge in [0, 0.05) is 18.8 Å². The summed E-state index contributed by atoms with van der Waals surface area (Å²) >= 11 is 12.0. The lowest BCUT2D eigenvalue weighted by Crippen LogP contribution is -2.53. The van der Waals surface area contributed by atoms with Crippen molar-refractivity contribution < 1.29 is 9.53 Å². The monoisotopic (exact) mass is 319 g/mol. The Labute approximate surface area is 128 Å². The van der Waals surface area contributed by atoms with Crippen molar-refractivity contribution in [2.75, 3.05) is 19.7 Å². The predicted octanol–water partition coefficient (Wildman–Crippen LogP) is 2.13. The number of hydrogen-bond acceptors (Lipinski definition) is 3. The molecule has 3 N–H and O–H groups in total. The van der Waals surface area contributed by atoms with Crippen molar-refractivity contribution in [1.29, 1.82) is 0 Å². The Kier molecular flexibility index (Phi) is 5.32. The highest BCUT2D eigenvalue weighted by atomic mass is 35.5. The second-order valence-electron chi connectivity index (χ2n) is 4.82. The number of carbonyl (C=O) groups is 1. The Morgan fingerprint density at radius 2 is 2.20 bits per heavy atom. The summed E-state index contributed by atoms with van der Waals surface area (Å²) in [6, 6.07) is -0.0258. The fourth-order valence-corrected chi connectivity index (χ4v) is 2.77. The molecule has 0 aromatic carbocycles. The van der Waals surface area contributed by atoms with Gasteiger partial charge in [0.05, 0.1) is 22.2 Å². The number of ether oxygens (including phenoxy) is 1. The van der Waals surface area contributed by atoms with Gasteiger partial charge >= 0.3 is 0 Å². The third-order valence-corrected chi connectivity index (χ3v) is 4.35. The smallest absolute Gasteiger partial charge is 0.269 e. The van der Waals surface area contributed by atoms with Crippen molar-refractivity contribution in [2.45, 2.75) is 32.4 Å². The van der Waals surface area contributed by atoms with Gasteiger partial charge < -0.3 is 20.4 Å². The van der Waals surface area contributed by atoms with Crippen LogP contribution in [0.3, 0.4) is 0 Å². The largest absolute Gasteiger partial charge is 0.375 e. The lowest BCUT2D eigenvalue weighted by atomic mass is 10.0. The van der Waals surface area contributed by atoms with Crippen LogP contribution in [-0.2, 0) is 4.74 Å². The third-order valence-electron chi connectivity index (χ3n) is 3.40. The molecule has 0 spiro atoms. The average Bonchev–Trinajstić information content (AvgIpc) is 2.69. The first-order valence-electron chi connectivity index (χ1n) is 6.71. The Morgan fingerprint density at radius 1 is 1.45 bits per heavy atom. The van der Waals surface area contributed by atoms with E-state index in [2.05, 4.69) is 15.6 Å². The first-order chi connectivity index (χ1) is 9.54. The van der Waals surface area contributed by atoms with Crippen LogP contribution in [0.5, 0.6) is 0 Å². The van der Waals surface area contributed by atoms with E-state index in [9.17, 15) is 4.79 Å². The molecule has 1 amide bonds. The minimum atomic E-state index is -0.249. The normalized spacial score (nSPS) is 22.8. The summed E-state index contributed by atoms with van der Waals surface area (Å²) in [5.41, 5.74) is 0.997. The maximum absolute atomic E-state index is 12.3. The van der Waals surface area contributed by atoms with Gasteiger partial charge in [-0.25, -0.2) is 0 Å². The van der Waals surface area contributed by atoms with Gasteiger partial charge in [0.15, 0.2) is 0 Å². The van der Waals surface area contributed by atoms with Gasteiger partial charge in [-0.1, -0.05) is 23.2 Å². The maximum atomic E-state index is 12.3. The molecule has 7 heteroatoms. The summed E-state index contributed by atoms with van der Waals surface area (Å²) in [5.74, 6) is -0.249. The number of aromatic amines is 1. The fourth-order valence-electron chi connectivity index (χ4n) is 2.35. The molecule has 1 aliphatic heterocycles. The number of halogens is 2. The molecule has 1 fully saturated rings. The van der Waals surface area contributed by atoms with Crippen LogP contribution >= 0.6 is 23.2 Å². The quantitative estimate of drug-likeness (QED) is 0.796. The zero-order valence-electron chi connectivity index (χ0n) is 11.6. The van der Waals surface area contributed by atoms with Crippen LogP contribution in [0.1, 0.15) is 29.5 Å². The summed E-state index contributed by atoms with van der Waals surface area (Å²) in [7, 11) is 0. The number of hydrogen-bond donors (Lipinski definition) is 3. The predicted molar refractivity (Wildman–Crippen MR) is 79.7 cm³/mol. The summed E-state index contributed by atoms with van der Waals surface area (Å²) in [6.45, 7) is 5.92. The number of rotatable bonds is 4. The van der Waals surface area contributed by atoms with Crippen LogP contribution in [0.25, 0.3) is 0 Å². The van der Waals surface area contributed by atoms with Crippen LogP contribution in [0.15, 0.2) is 0 Å². The molecule has 1 aromatic rings. The molecule has 0 aliphatic carbocycles. The van der Waals surface area contributed by atoms with Gasteiger partial charge in [-0.3, -0.25) is 4.79 Å². The number of aryl methyl sites for hydroxylation is 1. The van der Waals surface area contributed by atoms with Crippen molar-refractivity contribution in [3.8, 4) is 0 Å². The first kappa shape index (κ1) is 15.6. The van der Waals surface area contributed by atoms with Gasteiger partial charge in [-0.05, 0) is 26.8 Å². The average molecular weight is 320 g/mol. The second-order valence-corrected chi connectivity index (χ2v) is 5.58. The van der Waals surface area contributed by atoms with Crippen molar-refractivity contribution >= 4 is 29.1 Å². The van der Waals surface area contributed by atoms with Crippen molar-refractivity contribution in [2.24, 2.45) is 0 Å². The van der Waals surface area contributed by atoms with Crippen molar-refractivity contribution in [3.05, 3.63) is 21.4 Å². The molecule has 112 valence electrons. The van der Waals surface area contributed by atoms with Gasteiger partial charge in [-0.2, -0.15) is 0 Å². The summed E-state index contributed by atoms with van der Waals surface area (Å²) < 4.78 is 5.64. The Balaban J connectivity index is 2.07. The van der Waals surface area contributed by atoms with E-state index >= 15 is 0 Å². The molecule has 1 aromatic heterocycles. The highest BCUT2D eigenvalue weighted by Crippen LogP contribution is 2.29. The van der Waals surface area contributed by atoms with Crippen molar-refractivity contribution in [1.82, 2.24) is 15.6 Å². The molecule has 20 heavy (non-hydrogen) atoms. The molecule has 2 heterocycles. The van der Waals surface area contributed by atoms with E-state index in [1.807, 2.05) is 6.92 Å². The van der Waals surface area contributed by atoms with Crippen LogP contribution in [0, 0.1) is 6.92 Å². The van der Waals surface area contributed by atoms with Crippen LogP contribution in [-0.4, -0.2) is 42.7 Å². The van der Waals surface area contributed by atoms with Crippen LogP contribution in [0.4, 0.5) is 0 Å². The number of nitrogens with one attached hydrogen (secondary N) is 3. The van der Waals surface area contributed by atoms with Crippen molar-refractivity contribution in [3.63, 3.8) is 0 Å². The van der Waals surface area contributed by atoms with E-state index in [4.69, 9.17) is 27.9 Å². The Bertz CT molecular complexity index is 488. The Hall–Kier alpha value is -0.750. The summed E-state index contributed by atoms with van der Waals surface area (Å²) in [5, 5.41) is 6.89. The molecule has 5 nitrogen and oxygen atoms in total. The standard InChI is InChI=1S/C13H19Cl2N3O2/c1-3-20-9-6-16-5-4-8(9)18-13(19)12-11(15)10(14)7(2)17-12/h8-9,16-17H,3-6H2,1-2H3,(H,18,19)/t8-,9-/m1/s1. The Morgan fingerprint density at radius 3 is 2.80 bits per heavy atom. The molecule has 2 rings (SSSR count). The second kappa shape index (κ2) is 6.80. The summed E-state index contributed by atoms with van der Waals surface area (Å²) in [6.07, 6.45) is 0.796. The van der Waals surface area contributed by atoms with E-state index in [1.165, 1.54) is 0 Å². The molecule has 0 saturated carbocycles. The van der Waals surface area contributed by atoms with Gasteiger partial charge in [0.2, 0.25) is 0 Å². The van der Waals surface area contributed by atoms with Gasteiger partial charge in [0.25, 0.3) is 5.91 Å². The molecule has 0 radical (unpaired) electrons. The highest BCUT2D eigenvalue weighted by Gasteiger charge is 2.28. The highest BCUT2D eigenvalue weighted by molar-refractivity contribution is 6.44. The lowest BCUT2D eigenvalue weighted by Gasteiger charge is -2.32. The zero-order chi connectivity index (χ0) is 14.7. The SMILES string of the molecule is CCO[C@@H]1CNCC[C@H]1NC(=O)c1[nH]c(C)c(Cl)c1Cl. The van der Waals surface area contributed by atoms with Gasteiger partial charge in [0.1, 0.15) is 5.69 Å². The van der Waals surface area contributed by atoms with Gasteiger partial charge in [-0.15, -0.1) is 0 Å². The summed E-state index contributed by atoms with van der Waals surface area (Å²) in [4.78, 5) is 15.2. The van der Waals surface area contributed by atoms with Crippen LogP contribution in [0.2, 0.25) is 10.0 Å². The number of amides is 1. The molecule has 1 saturated heterocycles. The minimum absolute atomic E-state index is 0.0250. The number of carbonyl (C=O) groups excluding carboxylic acids is 1. The van der Waals surface area contributed by atoms with E-state index in [-0.39, 0.29) is 23.1 Å². The van der Waals surface area contributed by atoms with E-state index in [0.717, 1.165) is 19.5 Å². The minimum Gasteiger partial charge on any atom is -0.375 e. The molecular weight excluding hydrogens is 301 g/mol. The topological polar surface area (TPSA) is 66.2 Å². The molecular formula is C13H19Cl2N3O2. The number of H-pyrrole nitrogens is 1. The molecule has 2 atom stereocenters. The van der Waals surface area contributed by atoms with Crippen LogP contribution < -0.4 is 10.6 Å². The lowest BCUT2D eigenvalue weighted by molar-refractivity contribution is 0.0208. The number of piperidine rings is 1. The molecule has 0 unspecified atom stereocenters. The third kappa shape index (κ3) is 3.28. The first-order valence-corrected chi connectivity index (χ1v) is 7.47. The van der Waals surface area contributed by atoms with E-state index in [0.29, 0.717) is 23.0 Å². The fraction of sp³-hybridized carbons (Fsp3) is 0.615. The van der Waals surface area contributed by atoms with E-state index in [1.54, 1.807) is 6.92 Å². The van der Waals surface area contributed by atoms with E-state index < -0.39 is 0 Å². The number of aromatic nitrogens is 1. The molecule has 0 bridgehead atoms. The molecule has 1 aliphatic rings. The zero-order valence-corrected chi connectivity index (χ0v) is 13.1.